The Balaban J connectivity index is 2.05. The van der Waals surface area contributed by atoms with E-state index in [1.807, 2.05) is 0 Å². The summed E-state index contributed by atoms with van der Waals surface area (Å²) >= 11 is 11.2. The van der Waals surface area contributed by atoms with E-state index in [0.717, 1.165) is 6.07 Å². The predicted octanol–water partition coefficient (Wildman–Crippen LogP) is 4.15. The first-order valence-electron chi connectivity index (χ1n) is 8.71. The number of nitrogens with one attached hydrogen (secondary N) is 2. The largest absolute Gasteiger partial charge is 0.504 e. The molecule has 0 aliphatic heterocycles. The number of aromatic hydroxyl groups is 2. The summed E-state index contributed by atoms with van der Waals surface area (Å²) in [7, 11) is 0. The van der Waals surface area contributed by atoms with Crippen LogP contribution in [0, 0.1) is 5.82 Å². The number of rotatable bonds is 4. The van der Waals surface area contributed by atoms with E-state index in [1.165, 1.54) is 30.3 Å². The number of carbonyl (C=O) groups excluding carboxylic acids is 2. The molecular weight excluding hydrogens is 445 g/mol. The number of nitrogens with two attached hydrogens (primary N) is 1. The van der Waals surface area contributed by atoms with Crippen molar-refractivity contribution in [1.29, 1.82) is 0 Å². The van der Waals surface area contributed by atoms with Crippen LogP contribution < -0.4 is 16.4 Å². The number of carbonyl (C=O) groups is 2. The summed E-state index contributed by atoms with van der Waals surface area (Å²) in [6.07, 6.45) is 0. The van der Waals surface area contributed by atoms with Crippen LogP contribution in [0.2, 0.25) is 5.02 Å². The van der Waals surface area contributed by atoms with Gasteiger partial charge in [-0.25, -0.2) is 9.18 Å². The summed E-state index contributed by atoms with van der Waals surface area (Å²) < 4.78 is 13.9. The second-order valence-corrected chi connectivity index (χ2v) is 7.09. The second kappa shape index (κ2) is 8.99. The normalized spacial score (nSPS) is 10.4. The van der Waals surface area contributed by atoms with Crippen LogP contribution in [0.1, 0.15) is 15.9 Å². The Morgan fingerprint density at radius 1 is 1.00 bits per heavy atom. The van der Waals surface area contributed by atoms with E-state index in [0.29, 0.717) is 5.56 Å². The summed E-state index contributed by atoms with van der Waals surface area (Å²) in [5, 5.41) is 25.6. The molecule has 0 aliphatic rings. The Morgan fingerprint density at radius 2 is 1.65 bits per heavy atom. The number of amides is 3. The molecule has 31 heavy (non-hydrogen) atoms. The third-order valence-electron chi connectivity index (χ3n) is 4.27. The number of primary amides is 1. The summed E-state index contributed by atoms with van der Waals surface area (Å²) in [5.41, 5.74) is 5.26. The number of thiocarbonyl (C=S) groups is 1. The van der Waals surface area contributed by atoms with Gasteiger partial charge in [-0.1, -0.05) is 54.2 Å². The molecule has 3 amide bonds. The molecule has 7 nitrogen and oxygen atoms in total. The molecule has 0 unspecified atom stereocenters. The monoisotopic (exact) mass is 459 g/mol. The van der Waals surface area contributed by atoms with Gasteiger partial charge in [0, 0.05) is 16.8 Å². The van der Waals surface area contributed by atoms with Crippen molar-refractivity contribution in [2.45, 2.75) is 0 Å². The van der Waals surface area contributed by atoms with Crippen LogP contribution in [-0.4, -0.2) is 27.1 Å². The van der Waals surface area contributed by atoms with E-state index in [4.69, 9.17) is 29.6 Å². The molecule has 3 aromatic rings. The molecule has 0 saturated heterocycles. The Morgan fingerprint density at radius 3 is 2.32 bits per heavy atom. The SMILES string of the molecule is NC(=O)NC(=S)c1c(Cl)cc(-c2ccccc2NC(=O)c2ccccc2F)c(O)c1O. The van der Waals surface area contributed by atoms with Crippen LogP contribution >= 0.6 is 23.8 Å². The minimum absolute atomic E-state index is 0.0672. The van der Waals surface area contributed by atoms with Crippen molar-refractivity contribution in [3.05, 3.63) is 76.6 Å². The van der Waals surface area contributed by atoms with Crippen LogP contribution in [-0.2, 0) is 0 Å². The van der Waals surface area contributed by atoms with E-state index in [2.05, 4.69) is 10.6 Å². The van der Waals surface area contributed by atoms with E-state index in [-0.39, 0.29) is 32.4 Å². The standard InChI is InChI=1S/C21H15ClFN3O4S/c22-13-9-12(17(27)18(28)16(13)20(31)26-21(24)30)10-5-2-4-8-15(10)25-19(29)11-6-1-3-7-14(11)23/h1-9,27-28H,(H,25,29)(H3,24,26,30,31). The molecule has 6 N–H and O–H groups in total. The molecular formula is C21H15ClFN3O4S. The lowest BCUT2D eigenvalue weighted by atomic mass is 9.99. The molecule has 3 aromatic carbocycles. The summed E-state index contributed by atoms with van der Waals surface area (Å²) in [4.78, 5) is 23.3. The topological polar surface area (TPSA) is 125 Å². The minimum Gasteiger partial charge on any atom is -0.504 e. The lowest BCUT2D eigenvalue weighted by molar-refractivity contribution is 0.102. The molecule has 0 fully saturated rings. The van der Waals surface area contributed by atoms with Crippen LogP contribution in [0.25, 0.3) is 11.1 Å². The fraction of sp³-hybridized carbons (Fsp3) is 0. The number of benzene rings is 3. The smallest absolute Gasteiger partial charge is 0.317 e. The average Bonchev–Trinajstić information content (AvgIpc) is 2.71. The maximum atomic E-state index is 13.9. The second-order valence-electron chi connectivity index (χ2n) is 6.28. The Kier molecular flexibility index (Phi) is 6.38. The van der Waals surface area contributed by atoms with Crippen LogP contribution in [0.4, 0.5) is 14.9 Å². The van der Waals surface area contributed by atoms with E-state index in [1.54, 1.807) is 18.2 Å². The Bertz CT molecular complexity index is 1220. The van der Waals surface area contributed by atoms with Crippen molar-refractivity contribution in [1.82, 2.24) is 5.32 Å². The fourth-order valence-electron chi connectivity index (χ4n) is 2.88. The molecule has 0 aromatic heterocycles. The maximum absolute atomic E-state index is 13.9. The van der Waals surface area contributed by atoms with Crippen LogP contribution in [0.15, 0.2) is 54.6 Å². The quantitative estimate of drug-likeness (QED) is 0.296. The first-order valence-corrected chi connectivity index (χ1v) is 9.49. The molecule has 0 saturated carbocycles. The third-order valence-corrected chi connectivity index (χ3v) is 4.88. The zero-order valence-electron chi connectivity index (χ0n) is 15.6. The van der Waals surface area contributed by atoms with Gasteiger partial charge in [0.25, 0.3) is 5.91 Å². The molecule has 0 bridgehead atoms. The zero-order chi connectivity index (χ0) is 22.7. The summed E-state index contributed by atoms with van der Waals surface area (Å²) in [6, 6.07) is 12.1. The van der Waals surface area contributed by atoms with Gasteiger partial charge < -0.3 is 21.3 Å². The lowest BCUT2D eigenvalue weighted by Gasteiger charge is -2.16. The maximum Gasteiger partial charge on any atom is 0.317 e. The van der Waals surface area contributed by atoms with Crippen molar-refractivity contribution >= 4 is 46.4 Å². The number of halogens is 2. The number of urea groups is 1. The summed E-state index contributed by atoms with van der Waals surface area (Å²) in [5.74, 6) is -2.68. The van der Waals surface area contributed by atoms with E-state index in [9.17, 15) is 24.2 Å². The van der Waals surface area contributed by atoms with Crippen molar-refractivity contribution in [2.75, 3.05) is 5.32 Å². The van der Waals surface area contributed by atoms with Gasteiger partial charge >= 0.3 is 6.03 Å². The molecule has 10 heteroatoms. The van der Waals surface area contributed by atoms with Crippen molar-refractivity contribution in [3.63, 3.8) is 0 Å². The van der Waals surface area contributed by atoms with Crippen molar-refractivity contribution < 1.29 is 24.2 Å². The van der Waals surface area contributed by atoms with Gasteiger partial charge in [0.05, 0.1) is 16.1 Å². The Labute approximate surface area is 186 Å². The highest BCUT2D eigenvalue weighted by Gasteiger charge is 2.23. The average molecular weight is 460 g/mol. The number of para-hydroxylation sites is 1. The van der Waals surface area contributed by atoms with Gasteiger partial charge in [-0.15, -0.1) is 0 Å². The van der Waals surface area contributed by atoms with E-state index >= 15 is 0 Å². The highest BCUT2D eigenvalue weighted by Crippen LogP contribution is 2.45. The van der Waals surface area contributed by atoms with Crippen LogP contribution in [0.5, 0.6) is 11.5 Å². The molecule has 3 rings (SSSR count). The Hall–Kier alpha value is -3.69. The third kappa shape index (κ3) is 4.57. The van der Waals surface area contributed by atoms with Gasteiger partial charge in [0.1, 0.15) is 10.8 Å². The highest BCUT2D eigenvalue weighted by atomic mass is 35.5. The number of phenolic OH excluding ortho intramolecular Hbond substituents is 2. The number of phenols is 2. The molecule has 0 aliphatic carbocycles. The number of hydrogen-bond donors (Lipinski definition) is 5. The lowest BCUT2D eigenvalue weighted by Crippen LogP contribution is -2.34. The fourth-order valence-corrected chi connectivity index (χ4v) is 3.54. The first-order chi connectivity index (χ1) is 14.7. The van der Waals surface area contributed by atoms with Gasteiger partial charge in [-0.3, -0.25) is 10.1 Å². The highest BCUT2D eigenvalue weighted by molar-refractivity contribution is 7.80. The minimum atomic E-state index is -0.967. The predicted molar refractivity (Wildman–Crippen MR) is 119 cm³/mol. The molecule has 0 atom stereocenters. The van der Waals surface area contributed by atoms with Crippen molar-refractivity contribution in [3.8, 4) is 22.6 Å². The first kappa shape index (κ1) is 22.0. The van der Waals surface area contributed by atoms with Crippen molar-refractivity contribution in [2.24, 2.45) is 5.73 Å². The molecule has 0 radical (unpaired) electrons. The van der Waals surface area contributed by atoms with Gasteiger partial charge in [0.15, 0.2) is 11.5 Å². The number of anilines is 1. The van der Waals surface area contributed by atoms with Gasteiger partial charge in [-0.05, 0) is 24.3 Å². The summed E-state index contributed by atoms with van der Waals surface area (Å²) in [6.45, 7) is 0. The molecule has 158 valence electrons. The van der Waals surface area contributed by atoms with Gasteiger partial charge in [-0.2, -0.15) is 0 Å². The molecule has 0 heterocycles. The van der Waals surface area contributed by atoms with E-state index < -0.39 is 29.3 Å². The van der Waals surface area contributed by atoms with Gasteiger partial charge in [0.2, 0.25) is 0 Å². The number of hydrogen-bond acceptors (Lipinski definition) is 5. The zero-order valence-corrected chi connectivity index (χ0v) is 17.2. The van der Waals surface area contributed by atoms with Crippen LogP contribution in [0.3, 0.4) is 0 Å². The molecule has 0 spiro atoms.